The van der Waals surface area contributed by atoms with Gasteiger partial charge in [0, 0.05) is 5.56 Å². The summed E-state index contributed by atoms with van der Waals surface area (Å²) in [6, 6.07) is 11.9. The van der Waals surface area contributed by atoms with Gasteiger partial charge in [-0.2, -0.15) is 0 Å². The van der Waals surface area contributed by atoms with Crippen molar-refractivity contribution in [1.82, 2.24) is 5.32 Å². The number of methoxy groups -OCH3 is 1. The van der Waals surface area contributed by atoms with E-state index in [9.17, 15) is 4.79 Å². The van der Waals surface area contributed by atoms with E-state index in [1.54, 1.807) is 13.2 Å². The molecule has 2 aromatic rings. The molecule has 3 heteroatoms. The van der Waals surface area contributed by atoms with Crippen molar-refractivity contribution in [2.75, 3.05) is 7.11 Å². The van der Waals surface area contributed by atoms with Crippen molar-refractivity contribution in [2.24, 2.45) is 0 Å². The molecule has 1 N–H and O–H groups in total. The van der Waals surface area contributed by atoms with Gasteiger partial charge in [-0.1, -0.05) is 30.7 Å². The highest BCUT2D eigenvalue weighted by Gasteiger charge is 2.16. The summed E-state index contributed by atoms with van der Waals surface area (Å²) in [6.07, 6.45) is 0.852. The molecule has 0 radical (unpaired) electrons. The summed E-state index contributed by atoms with van der Waals surface area (Å²) in [5.41, 5.74) is 5.24. The monoisotopic (exact) mass is 311 g/mol. The van der Waals surface area contributed by atoms with Crippen LogP contribution in [0.5, 0.6) is 5.75 Å². The Morgan fingerprint density at radius 2 is 1.83 bits per heavy atom. The summed E-state index contributed by atoms with van der Waals surface area (Å²) in [4.78, 5) is 12.6. The number of nitrogens with one attached hydrogen (secondary N) is 1. The van der Waals surface area contributed by atoms with Gasteiger partial charge in [0.25, 0.3) is 5.91 Å². The highest BCUT2D eigenvalue weighted by Crippen LogP contribution is 2.23. The Kier molecular flexibility index (Phi) is 5.43. The minimum absolute atomic E-state index is 0.0190. The van der Waals surface area contributed by atoms with Gasteiger partial charge in [-0.25, -0.2) is 0 Å². The zero-order chi connectivity index (χ0) is 17.0. The third kappa shape index (κ3) is 3.92. The minimum atomic E-state index is -0.0532. The fourth-order valence-corrected chi connectivity index (χ4v) is 2.88. The summed E-state index contributed by atoms with van der Waals surface area (Å²) >= 11 is 0. The third-order valence-electron chi connectivity index (χ3n) is 4.17. The predicted molar refractivity (Wildman–Crippen MR) is 94.1 cm³/mol. The molecule has 0 heterocycles. The molecular weight excluding hydrogens is 286 g/mol. The van der Waals surface area contributed by atoms with Crippen molar-refractivity contribution in [1.29, 1.82) is 0 Å². The smallest absolute Gasteiger partial charge is 0.251 e. The Morgan fingerprint density at radius 3 is 2.39 bits per heavy atom. The first-order valence-electron chi connectivity index (χ1n) is 7.99. The summed E-state index contributed by atoms with van der Waals surface area (Å²) in [6.45, 7) is 8.20. The van der Waals surface area contributed by atoms with Crippen molar-refractivity contribution >= 4 is 5.91 Å². The van der Waals surface area contributed by atoms with E-state index in [-0.39, 0.29) is 11.9 Å². The topological polar surface area (TPSA) is 38.3 Å². The summed E-state index contributed by atoms with van der Waals surface area (Å²) in [5.74, 6) is 0.741. The third-order valence-corrected chi connectivity index (χ3v) is 4.17. The average Bonchev–Trinajstić information content (AvgIpc) is 2.52. The lowest BCUT2D eigenvalue weighted by Crippen LogP contribution is -2.28. The van der Waals surface area contributed by atoms with E-state index in [1.807, 2.05) is 19.1 Å². The second-order valence-electron chi connectivity index (χ2n) is 5.98. The van der Waals surface area contributed by atoms with Crippen LogP contribution >= 0.6 is 0 Å². The molecule has 2 rings (SSSR count). The van der Waals surface area contributed by atoms with Gasteiger partial charge >= 0.3 is 0 Å². The summed E-state index contributed by atoms with van der Waals surface area (Å²) in [5, 5.41) is 3.14. The van der Waals surface area contributed by atoms with E-state index in [0.29, 0.717) is 5.56 Å². The zero-order valence-corrected chi connectivity index (χ0v) is 14.6. The van der Waals surface area contributed by atoms with Crippen LogP contribution in [0.15, 0.2) is 36.4 Å². The molecule has 0 aliphatic heterocycles. The summed E-state index contributed by atoms with van der Waals surface area (Å²) in [7, 11) is 1.63. The van der Waals surface area contributed by atoms with Crippen molar-refractivity contribution in [3.8, 4) is 5.75 Å². The molecule has 0 spiro atoms. The van der Waals surface area contributed by atoms with E-state index in [0.717, 1.165) is 17.7 Å². The van der Waals surface area contributed by atoms with Crippen LogP contribution in [0.1, 0.15) is 52.0 Å². The molecule has 0 aromatic heterocycles. The first-order chi connectivity index (χ1) is 11.0. The van der Waals surface area contributed by atoms with Crippen LogP contribution in [-0.2, 0) is 0 Å². The number of benzene rings is 2. The summed E-state index contributed by atoms with van der Waals surface area (Å²) < 4.78 is 5.25. The van der Waals surface area contributed by atoms with Gasteiger partial charge in [-0.15, -0.1) is 0 Å². The maximum atomic E-state index is 12.6. The van der Waals surface area contributed by atoms with Crippen LogP contribution in [0.3, 0.4) is 0 Å². The maximum Gasteiger partial charge on any atom is 0.251 e. The van der Waals surface area contributed by atoms with Crippen molar-refractivity contribution in [2.45, 2.75) is 40.2 Å². The number of rotatable bonds is 5. The Labute approximate surface area is 138 Å². The van der Waals surface area contributed by atoms with Crippen LogP contribution in [0.25, 0.3) is 0 Å². The molecule has 0 aliphatic carbocycles. The zero-order valence-electron chi connectivity index (χ0n) is 14.6. The molecule has 122 valence electrons. The van der Waals surface area contributed by atoms with Crippen molar-refractivity contribution < 1.29 is 9.53 Å². The van der Waals surface area contributed by atoms with Gasteiger partial charge in [0.15, 0.2) is 0 Å². The normalized spacial score (nSPS) is 11.9. The molecule has 0 saturated carbocycles. The van der Waals surface area contributed by atoms with Gasteiger partial charge in [-0.05, 0) is 62.1 Å². The van der Waals surface area contributed by atoms with Crippen LogP contribution in [-0.4, -0.2) is 13.0 Å². The molecule has 0 unspecified atom stereocenters. The van der Waals surface area contributed by atoms with Gasteiger partial charge in [0.2, 0.25) is 0 Å². The number of hydrogen-bond donors (Lipinski definition) is 1. The molecule has 0 bridgehead atoms. The van der Waals surface area contributed by atoms with Crippen LogP contribution < -0.4 is 10.1 Å². The molecule has 3 nitrogen and oxygen atoms in total. The second kappa shape index (κ2) is 7.32. The lowest BCUT2D eigenvalue weighted by Gasteiger charge is -2.20. The Morgan fingerprint density at radius 1 is 1.09 bits per heavy atom. The Balaban J connectivity index is 2.21. The fraction of sp³-hybridized carbons (Fsp3) is 0.350. The molecule has 0 aliphatic rings. The number of carbonyl (C=O) groups is 1. The Bertz CT molecular complexity index is 707. The van der Waals surface area contributed by atoms with E-state index < -0.39 is 0 Å². The fourth-order valence-electron chi connectivity index (χ4n) is 2.88. The quantitative estimate of drug-likeness (QED) is 0.883. The SMILES string of the molecule is CC[C@@H](NC(=O)c1ccc(OC)c(C)c1)c1ccc(C)cc1C. The highest BCUT2D eigenvalue weighted by atomic mass is 16.5. The van der Waals surface area contributed by atoms with Crippen LogP contribution in [0.4, 0.5) is 0 Å². The molecule has 1 amide bonds. The van der Waals surface area contributed by atoms with Gasteiger partial charge < -0.3 is 10.1 Å². The standard InChI is InChI=1S/C20H25NO2/c1-6-18(17-9-7-13(2)11-14(17)3)21-20(22)16-8-10-19(23-5)15(4)12-16/h7-12,18H,6H2,1-5H3,(H,21,22)/t18-/m1/s1. The number of ether oxygens (including phenoxy) is 1. The molecule has 0 saturated heterocycles. The second-order valence-corrected chi connectivity index (χ2v) is 5.98. The van der Waals surface area contributed by atoms with Crippen molar-refractivity contribution in [3.05, 3.63) is 64.2 Å². The van der Waals surface area contributed by atoms with Crippen LogP contribution in [0.2, 0.25) is 0 Å². The van der Waals surface area contributed by atoms with E-state index in [4.69, 9.17) is 4.74 Å². The molecule has 1 atom stereocenters. The molecular formula is C20H25NO2. The van der Waals surface area contributed by atoms with E-state index in [1.165, 1.54) is 16.7 Å². The number of amides is 1. The van der Waals surface area contributed by atoms with Gasteiger partial charge in [0.1, 0.15) is 5.75 Å². The molecule has 23 heavy (non-hydrogen) atoms. The highest BCUT2D eigenvalue weighted by molar-refractivity contribution is 5.94. The Hall–Kier alpha value is -2.29. The first kappa shape index (κ1) is 17.1. The van der Waals surface area contributed by atoms with Crippen molar-refractivity contribution in [3.63, 3.8) is 0 Å². The van der Waals surface area contributed by atoms with E-state index >= 15 is 0 Å². The average molecular weight is 311 g/mol. The minimum Gasteiger partial charge on any atom is -0.496 e. The lowest BCUT2D eigenvalue weighted by atomic mass is 9.97. The molecule has 2 aromatic carbocycles. The lowest BCUT2D eigenvalue weighted by molar-refractivity contribution is 0.0935. The van der Waals surface area contributed by atoms with Gasteiger partial charge in [0.05, 0.1) is 13.2 Å². The largest absolute Gasteiger partial charge is 0.496 e. The van der Waals surface area contributed by atoms with Crippen LogP contribution in [0, 0.1) is 20.8 Å². The number of aryl methyl sites for hydroxylation is 3. The van der Waals surface area contributed by atoms with E-state index in [2.05, 4.69) is 44.3 Å². The number of hydrogen-bond acceptors (Lipinski definition) is 2. The molecule has 0 fully saturated rings. The first-order valence-corrected chi connectivity index (χ1v) is 7.99. The maximum absolute atomic E-state index is 12.6. The predicted octanol–water partition coefficient (Wildman–Crippen LogP) is 4.50. The van der Waals surface area contributed by atoms with Gasteiger partial charge in [-0.3, -0.25) is 4.79 Å². The number of carbonyl (C=O) groups excluding carboxylic acids is 1.